The molecule has 0 aliphatic carbocycles. The van der Waals surface area contributed by atoms with Crippen molar-refractivity contribution in [3.63, 3.8) is 0 Å². The highest BCUT2D eigenvalue weighted by molar-refractivity contribution is 7.85. The molecule has 0 aliphatic rings. The van der Waals surface area contributed by atoms with E-state index in [1.54, 1.807) is 22.9 Å². The van der Waals surface area contributed by atoms with Gasteiger partial charge in [0, 0.05) is 49.3 Å². The number of carboxylic acids is 1. The summed E-state index contributed by atoms with van der Waals surface area (Å²) in [5.74, 6) is -0.590. The van der Waals surface area contributed by atoms with E-state index in [0.29, 0.717) is 36.8 Å². The van der Waals surface area contributed by atoms with Gasteiger partial charge in [-0.1, -0.05) is 6.08 Å². The Hall–Kier alpha value is -3.70. The molecule has 0 saturated heterocycles. The largest absolute Gasteiger partial charge is 0.744 e. The van der Waals surface area contributed by atoms with Crippen LogP contribution in [0.15, 0.2) is 50.8 Å². The third-order valence-electron chi connectivity index (χ3n) is 6.23. The van der Waals surface area contributed by atoms with Crippen molar-refractivity contribution in [1.82, 2.24) is 0 Å². The first kappa shape index (κ1) is 28.9. The van der Waals surface area contributed by atoms with Crippen molar-refractivity contribution in [3.8, 4) is 5.75 Å². The standard InChI is InChI=1S/C27H32N2O8S/c1-4-29(5-2)20-11-13-21-23(17-20)37-27(32)22(26(21)36-3)12-10-19-14-16-28(18-24(19)38(33,34)35)15-8-6-7-9-25(30)31/h10-14,16-18H,4-9,15H2,1-3H3,(H-,30,31,33,34,35). The highest BCUT2D eigenvalue weighted by atomic mass is 32.2. The molecular formula is C27H32N2O8S. The van der Waals surface area contributed by atoms with Gasteiger partial charge in [0.25, 0.3) is 0 Å². The molecule has 0 fully saturated rings. The number of aryl methyl sites for hydroxylation is 1. The van der Waals surface area contributed by atoms with Crippen molar-refractivity contribution in [3.05, 3.63) is 58.2 Å². The predicted octanol–water partition coefficient (Wildman–Crippen LogP) is 3.65. The summed E-state index contributed by atoms with van der Waals surface area (Å²) in [5, 5.41) is 9.30. The number of hydrogen-bond acceptors (Lipinski definition) is 8. The number of unbranched alkanes of at least 4 members (excludes halogenated alkanes) is 2. The summed E-state index contributed by atoms with van der Waals surface area (Å²) in [6.07, 6.45) is 7.46. The first-order valence-corrected chi connectivity index (χ1v) is 13.8. The molecule has 1 N–H and O–H groups in total. The Kier molecular flexibility index (Phi) is 9.65. The quantitative estimate of drug-likeness (QED) is 0.148. The smallest absolute Gasteiger partial charge is 0.347 e. The summed E-state index contributed by atoms with van der Waals surface area (Å²) in [6.45, 7) is 6.06. The summed E-state index contributed by atoms with van der Waals surface area (Å²) in [6, 6.07) is 6.96. The molecule has 0 spiro atoms. The van der Waals surface area contributed by atoms with Crippen LogP contribution in [0.4, 0.5) is 5.69 Å². The molecule has 10 nitrogen and oxygen atoms in total. The van der Waals surface area contributed by atoms with Gasteiger partial charge in [0.1, 0.15) is 38.5 Å². The van der Waals surface area contributed by atoms with E-state index >= 15 is 0 Å². The highest BCUT2D eigenvalue weighted by Crippen LogP contribution is 2.31. The monoisotopic (exact) mass is 544 g/mol. The molecule has 11 heteroatoms. The van der Waals surface area contributed by atoms with Crippen LogP contribution in [0.2, 0.25) is 0 Å². The van der Waals surface area contributed by atoms with Gasteiger partial charge in [-0.05, 0) is 44.9 Å². The Balaban J connectivity index is 1.95. The van der Waals surface area contributed by atoms with Gasteiger partial charge in [-0.2, -0.15) is 0 Å². The first-order chi connectivity index (χ1) is 18.1. The minimum atomic E-state index is -4.82. The maximum absolute atomic E-state index is 12.9. The Bertz CT molecular complexity index is 1490. The molecule has 0 unspecified atom stereocenters. The molecule has 0 amide bonds. The number of anilines is 1. The van der Waals surface area contributed by atoms with E-state index in [1.807, 2.05) is 19.9 Å². The first-order valence-electron chi connectivity index (χ1n) is 12.4. The average molecular weight is 545 g/mol. The van der Waals surface area contributed by atoms with Crippen molar-refractivity contribution < 1.29 is 36.6 Å². The molecule has 204 valence electrons. The molecule has 3 aromatic rings. The molecule has 0 saturated carbocycles. The number of carbonyl (C=O) groups is 1. The Labute approximate surface area is 221 Å². The zero-order chi connectivity index (χ0) is 27.9. The number of nitrogens with zero attached hydrogens (tertiary/aromatic N) is 2. The highest BCUT2D eigenvalue weighted by Gasteiger charge is 2.17. The Morgan fingerprint density at radius 3 is 2.53 bits per heavy atom. The molecular weight excluding hydrogens is 512 g/mol. The lowest BCUT2D eigenvalue weighted by Crippen LogP contribution is -2.34. The van der Waals surface area contributed by atoms with Crippen LogP contribution in [0, 0.1) is 0 Å². The molecule has 0 bridgehead atoms. The molecule has 38 heavy (non-hydrogen) atoms. The number of fused-ring (bicyclic) bond motifs is 1. The van der Waals surface area contributed by atoms with Crippen LogP contribution >= 0.6 is 0 Å². The molecule has 0 aliphatic heterocycles. The second kappa shape index (κ2) is 12.7. The molecule has 0 radical (unpaired) electrons. The second-order valence-electron chi connectivity index (χ2n) is 8.68. The molecule has 1 aromatic carbocycles. The lowest BCUT2D eigenvalue weighted by atomic mass is 10.1. The summed E-state index contributed by atoms with van der Waals surface area (Å²) < 4.78 is 48.6. The summed E-state index contributed by atoms with van der Waals surface area (Å²) in [4.78, 5) is 25.2. The summed E-state index contributed by atoms with van der Waals surface area (Å²) >= 11 is 0. The fourth-order valence-corrected chi connectivity index (χ4v) is 4.95. The van der Waals surface area contributed by atoms with E-state index in [-0.39, 0.29) is 23.3 Å². The van der Waals surface area contributed by atoms with Gasteiger partial charge in [-0.25, -0.2) is 17.8 Å². The van der Waals surface area contributed by atoms with Gasteiger partial charge in [0.05, 0.1) is 12.5 Å². The number of carboxylic acid groups (broad SMARTS) is 1. The zero-order valence-corrected chi connectivity index (χ0v) is 22.5. The normalized spacial score (nSPS) is 11.8. The lowest BCUT2D eigenvalue weighted by Gasteiger charge is -2.21. The number of ether oxygens (including phenoxy) is 1. The van der Waals surface area contributed by atoms with Gasteiger partial charge < -0.3 is 23.7 Å². The van der Waals surface area contributed by atoms with E-state index < -0.39 is 26.6 Å². The topological polar surface area (TPSA) is 141 Å². The Morgan fingerprint density at radius 2 is 1.89 bits per heavy atom. The zero-order valence-electron chi connectivity index (χ0n) is 21.7. The third kappa shape index (κ3) is 6.99. The number of hydrogen-bond donors (Lipinski definition) is 1. The van der Waals surface area contributed by atoms with Crippen LogP contribution in [0.3, 0.4) is 0 Å². The number of rotatable bonds is 13. The predicted molar refractivity (Wildman–Crippen MR) is 142 cm³/mol. The van der Waals surface area contributed by atoms with Crippen LogP contribution < -0.4 is 19.8 Å². The van der Waals surface area contributed by atoms with Crippen molar-refractivity contribution in [1.29, 1.82) is 0 Å². The van der Waals surface area contributed by atoms with Gasteiger partial charge in [-0.3, -0.25) is 4.79 Å². The summed E-state index contributed by atoms with van der Waals surface area (Å²) in [5.41, 5.74) is 0.794. The van der Waals surface area contributed by atoms with Crippen LogP contribution in [0.25, 0.3) is 23.1 Å². The number of pyridine rings is 1. The van der Waals surface area contributed by atoms with Gasteiger partial charge in [0.15, 0.2) is 12.4 Å². The number of aromatic nitrogens is 1. The minimum Gasteiger partial charge on any atom is -0.744 e. The summed E-state index contributed by atoms with van der Waals surface area (Å²) in [7, 11) is -3.39. The molecule has 2 heterocycles. The number of aliphatic carboxylic acids is 1. The van der Waals surface area contributed by atoms with Gasteiger partial charge >= 0.3 is 11.6 Å². The number of methoxy groups -OCH3 is 1. The van der Waals surface area contributed by atoms with Crippen LogP contribution in [-0.2, 0) is 21.5 Å². The van der Waals surface area contributed by atoms with Crippen LogP contribution in [0.1, 0.15) is 50.7 Å². The molecule has 0 atom stereocenters. The van der Waals surface area contributed by atoms with Gasteiger partial charge in [0.2, 0.25) is 0 Å². The maximum atomic E-state index is 12.9. The fourth-order valence-electron chi connectivity index (χ4n) is 4.26. The van der Waals surface area contributed by atoms with Crippen molar-refractivity contribution >= 4 is 44.9 Å². The maximum Gasteiger partial charge on any atom is 0.347 e. The average Bonchev–Trinajstić information content (AvgIpc) is 2.87. The Morgan fingerprint density at radius 1 is 1.16 bits per heavy atom. The molecule has 2 aromatic heterocycles. The van der Waals surface area contributed by atoms with Crippen molar-refractivity contribution in [2.75, 3.05) is 25.1 Å². The lowest BCUT2D eigenvalue weighted by molar-refractivity contribution is -0.699. The van der Waals surface area contributed by atoms with E-state index in [2.05, 4.69) is 4.90 Å². The minimum absolute atomic E-state index is 0.0674. The van der Waals surface area contributed by atoms with E-state index in [1.165, 1.54) is 31.5 Å². The van der Waals surface area contributed by atoms with E-state index in [0.717, 1.165) is 18.8 Å². The fraction of sp³-hybridized carbons (Fsp3) is 0.370. The van der Waals surface area contributed by atoms with Gasteiger partial charge in [-0.15, -0.1) is 0 Å². The van der Waals surface area contributed by atoms with Crippen LogP contribution in [0.5, 0.6) is 5.75 Å². The van der Waals surface area contributed by atoms with E-state index in [9.17, 15) is 22.6 Å². The second-order valence-corrected chi connectivity index (χ2v) is 10.0. The number of benzene rings is 1. The third-order valence-corrected chi connectivity index (χ3v) is 7.11. The SMILES string of the molecule is CCN(CC)c1ccc2c(OC)c(C=Cc3cc[n+](CCCCCC(=O)O)cc3S(=O)(=O)[O-])c(=O)oc2c1. The van der Waals surface area contributed by atoms with Crippen LogP contribution in [-0.4, -0.2) is 44.2 Å². The van der Waals surface area contributed by atoms with Crippen molar-refractivity contribution in [2.24, 2.45) is 0 Å². The van der Waals surface area contributed by atoms with E-state index in [4.69, 9.17) is 14.3 Å². The van der Waals surface area contributed by atoms with Crippen molar-refractivity contribution in [2.45, 2.75) is 51.0 Å². The molecule has 3 rings (SSSR count).